The average Bonchev–Trinajstić information content (AvgIpc) is 3.12. The normalized spacial score (nSPS) is 15.7. The Kier molecular flexibility index (Phi) is 4.66. The summed E-state index contributed by atoms with van der Waals surface area (Å²) in [7, 11) is -1.62. The molecule has 0 saturated carbocycles. The summed E-state index contributed by atoms with van der Waals surface area (Å²) in [6, 6.07) is 8.73. The molecular weight excluding hydrogens is 356 g/mol. The van der Waals surface area contributed by atoms with Gasteiger partial charge >= 0.3 is 0 Å². The third-order valence-electron chi connectivity index (χ3n) is 3.90. The van der Waals surface area contributed by atoms with Crippen LogP contribution in [0, 0.1) is 0 Å². The van der Waals surface area contributed by atoms with E-state index in [0.29, 0.717) is 9.90 Å². The van der Waals surface area contributed by atoms with Crippen molar-refractivity contribution in [1.82, 2.24) is 4.72 Å². The Labute approximate surface area is 144 Å². The van der Waals surface area contributed by atoms with Crippen LogP contribution in [0.4, 0.5) is 5.69 Å². The highest BCUT2D eigenvalue weighted by molar-refractivity contribution is 7.91. The lowest BCUT2D eigenvalue weighted by Gasteiger charge is -2.15. The second-order valence-electron chi connectivity index (χ2n) is 5.49. The molecule has 2 N–H and O–H groups in total. The van der Waals surface area contributed by atoms with E-state index in [9.17, 15) is 13.5 Å². The maximum absolute atomic E-state index is 12.1. The Morgan fingerprint density at radius 3 is 2.87 bits per heavy atom. The maximum atomic E-state index is 12.1. The van der Waals surface area contributed by atoms with Crippen molar-refractivity contribution in [3.63, 3.8) is 0 Å². The quantitative estimate of drug-likeness (QED) is 0.845. The highest BCUT2D eigenvalue weighted by atomic mass is 35.5. The lowest BCUT2D eigenvalue weighted by molar-refractivity contribution is 0.182. The number of fused-ring (bicyclic) bond motifs is 1. The molecule has 2 aromatic rings. The fraction of sp³-hybridized carbons (Fsp3) is 0.333. The number of aliphatic hydroxyl groups is 1. The van der Waals surface area contributed by atoms with Crippen molar-refractivity contribution in [2.24, 2.45) is 0 Å². The van der Waals surface area contributed by atoms with Crippen molar-refractivity contribution in [2.75, 3.05) is 25.0 Å². The summed E-state index contributed by atoms with van der Waals surface area (Å²) in [6.45, 7) is 0.882. The Morgan fingerprint density at radius 2 is 2.17 bits per heavy atom. The predicted octanol–water partition coefficient (Wildman–Crippen LogP) is 2.41. The molecule has 1 aromatic carbocycles. The number of benzene rings is 1. The van der Waals surface area contributed by atoms with Crippen molar-refractivity contribution in [3.8, 4) is 0 Å². The van der Waals surface area contributed by atoms with E-state index in [1.54, 1.807) is 0 Å². The molecule has 1 aliphatic rings. The van der Waals surface area contributed by atoms with Crippen LogP contribution in [0.25, 0.3) is 0 Å². The van der Waals surface area contributed by atoms with Crippen molar-refractivity contribution >= 4 is 38.6 Å². The van der Waals surface area contributed by atoms with Crippen molar-refractivity contribution < 1.29 is 13.5 Å². The van der Waals surface area contributed by atoms with Crippen LogP contribution >= 0.6 is 22.9 Å². The molecular formula is C15H17ClN2O3S2. The minimum atomic E-state index is -3.65. The summed E-state index contributed by atoms with van der Waals surface area (Å²) >= 11 is 6.75. The van der Waals surface area contributed by atoms with Gasteiger partial charge in [-0.2, -0.15) is 0 Å². The smallest absolute Gasteiger partial charge is 0.250 e. The summed E-state index contributed by atoms with van der Waals surface area (Å²) in [6.07, 6.45) is 0.0441. The van der Waals surface area contributed by atoms with E-state index in [1.807, 2.05) is 25.2 Å². The van der Waals surface area contributed by atoms with Crippen molar-refractivity contribution in [2.45, 2.75) is 16.7 Å². The monoisotopic (exact) mass is 372 g/mol. The highest BCUT2D eigenvalue weighted by Gasteiger charge is 2.21. The first-order chi connectivity index (χ1) is 10.9. The topological polar surface area (TPSA) is 69.6 Å². The van der Waals surface area contributed by atoms with Crippen molar-refractivity contribution in [3.05, 3.63) is 45.8 Å². The zero-order valence-electron chi connectivity index (χ0n) is 12.5. The summed E-state index contributed by atoms with van der Waals surface area (Å²) in [5.74, 6) is 0. The Bertz CT molecular complexity index is 820. The van der Waals surface area contributed by atoms with E-state index < -0.39 is 16.1 Å². The van der Waals surface area contributed by atoms with Gasteiger partial charge in [0.15, 0.2) is 0 Å². The molecule has 0 bridgehead atoms. The molecule has 0 saturated heterocycles. The molecule has 0 amide bonds. The van der Waals surface area contributed by atoms with Crippen LogP contribution in [-0.4, -0.2) is 33.7 Å². The zero-order chi connectivity index (χ0) is 16.6. The molecule has 1 atom stereocenters. The summed E-state index contributed by atoms with van der Waals surface area (Å²) in [5.41, 5.74) is 3.05. The predicted molar refractivity (Wildman–Crippen MR) is 92.9 cm³/mol. The van der Waals surface area contributed by atoms with Gasteiger partial charge in [-0.05, 0) is 35.7 Å². The fourth-order valence-corrected chi connectivity index (χ4v) is 5.18. The van der Waals surface area contributed by atoms with E-state index in [-0.39, 0.29) is 10.8 Å². The third-order valence-corrected chi connectivity index (χ3v) is 7.04. The first kappa shape index (κ1) is 16.7. The first-order valence-electron chi connectivity index (χ1n) is 7.14. The number of likely N-dealkylation sites (N-methyl/N-ethyl adjacent to an activating group) is 1. The van der Waals surface area contributed by atoms with E-state index in [2.05, 4.69) is 9.62 Å². The van der Waals surface area contributed by atoms with Gasteiger partial charge < -0.3 is 10.0 Å². The Balaban J connectivity index is 1.69. The summed E-state index contributed by atoms with van der Waals surface area (Å²) in [5, 5.41) is 10.3. The molecule has 2 heterocycles. The molecule has 0 aliphatic carbocycles. The molecule has 0 spiro atoms. The lowest BCUT2D eigenvalue weighted by atomic mass is 10.0. The fourth-order valence-electron chi connectivity index (χ4n) is 2.61. The molecule has 0 radical (unpaired) electrons. The van der Waals surface area contributed by atoms with Gasteiger partial charge in [-0.3, -0.25) is 0 Å². The number of nitrogens with zero attached hydrogens (tertiary/aromatic N) is 1. The number of thiophene rings is 1. The zero-order valence-corrected chi connectivity index (χ0v) is 14.9. The van der Waals surface area contributed by atoms with Gasteiger partial charge in [0.05, 0.1) is 10.4 Å². The standard InChI is InChI=1S/C15H17ClN2O3S2/c1-18-7-6-10-8-11(2-3-12(10)18)13(19)9-17-23(20,21)15-5-4-14(16)22-15/h2-5,8,13,17,19H,6-7,9H2,1H3/t13-/m1/s1. The largest absolute Gasteiger partial charge is 0.387 e. The minimum Gasteiger partial charge on any atom is -0.387 e. The second kappa shape index (κ2) is 6.41. The average molecular weight is 373 g/mol. The van der Waals surface area contributed by atoms with Crippen LogP contribution in [0.3, 0.4) is 0 Å². The van der Waals surface area contributed by atoms with E-state index in [1.165, 1.54) is 17.7 Å². The number of sulfonamides is 1. The minimum absolute atomic E-state index is 0.0769. The van der Waals surface area contributed by atoms with E-state index >= 15 is 0 Å². The van der Waals surface area contributed by atoms with Gasteiger partial charge in [0.25, 0.3) is 0 Å². The molecule has 5 nitrogen and oxygen atoms in total. The van der Waals surface area contributed by atoms with Gasteiger partial charge in [-0.1, -0.05) is 23.7 Å². The SMILES string of the molecule is CN1CCc2cc([C@H](O)CNS(=O)(=O)c3ccc(Cl)s3)ccc21. The third kappa shape index (κ3) is 3.54. The van der Waals surface area contributed by atoms with Crippen LogP contribution in [0.5, 0.6) is 0 Å². The van der Waals surface area contributed by atoms with E-state index in [0.717, 1.165) is 30.0 Å². The summed E-state index contributed by atoms with van der Waals surface area (Å²) < 4.78 is 27.3. The van der Waals surface area contributed by atoms with Crippen molar-refractivity contribution in [1.29, 1.82) is 0 Å². The van der Waals surface area contributed by atoms with Crippen LogP contribution in [0.15, 0.2) is 34.5 Å². The van der Waals surface area contributed by atoms with Gasteiger partial charge in [0.2, 0.25) is 10.0 Å². The molecule has 0 unspecified atom stereocenters. The van der Waals surface area contributed by atoms with Crippen LogP contribution in [0.1, 0.15) is 17.2 Å². The molecule has 23 heavy (non-hydrogen) atoms. The van der Waals surface area contributed by atoms with Gasteiger partial charge in [-0.15, -0.1) is 11.3 Å². The molecule has 3 rings (SSSR count). The van der Waals surface area contributed by atoms with E-state index in [4.69, 9.17) is 11.6 Å². The molecule has 0 fully saturated rings. The molecule has 8 heteroatoms. The first-order valence-corrected chi connectivity index (χ1v) is 9.81. The molecule has 1 aromatic heterocycles. The van der Waals surface area contributed by atoms with Crippen LogP contribution in [-0.2, 0) is 16.4 Å². The number of halogens is 1. The van der Waals surface area contributed by atoms with Gasteiger partial charge in [-0.25, -0.2) is 13.1 Å². The molecule has 1 aliphatic heterocycles. The van der Waals surface area contributed by atoms with Crippen LogP contribution in [0.2, 0.25) is 4.34 Å². The Morgan fingerprint density at radius 1 is 1.39 bits per heavy atom. The number of anilines is 1. The number of nitrogens with one attached hydrogen (secondary N) is 1. The lowest BCUT2D eigenvalue weighted by Crippen LogP contribution is -2.28. The highest BCUT2D eigenvalue weighted by Crippen LogP contribution is 2.29. The Hall–Kier alpha value is -1.12. The number of hydrogen-bond acceptors (Lipinski definition) is 5. The summed E-state index contributed by atoms with van der Waals surface area (Å²) in [4.78, 5) is 2.16. The number of hydrogen-bond donors (Lipinski definition) is 2. The number of rotatable bonds is 5. The second-order valence-corrected chi connectivity index (χ2v) is 9.19. The number of aliphatic hydroxyl groups excluding tert-OH is 1. The van der Waals surface area contributed by atoms with Gasteiger partial charge in [0.1, 0.15) is 4.21 Å². The van der Waals surface area contributed by atoms with Gasteiger partial charge in [0, 0.05) is 25.8 Å². The maximum Gasteiger partial charge on any atom is 0.250 e. The van der Waals surface area contributed by atoms with Crippen LogP contribution < -0.4 is 9.62 Å². The molecule has 124 valence electrons.